The van der Waals surface area contributed by atoms with E-state index in [9.17, 15) is 0 Å². The van der Waals surface area contributed by atoms with Crippen LogP contribution in [0.5, 0.6) is 0 Å². The van der Waals surface area contributed by atoms with Crippen molar-refractivity contribution in [1.29, 1.82) is 0 Å². The van der Waals surface area contributed by atoms with E-state index in [-0.39, 0.29) is 0 Å². The van der Waals surface area contributed by atoms with Crippen LogP contribution in [0.25, 0.3) is 11.5 Å². The van der Waals surface area contributed by atoms with Crippen molar-refractivity contribution in [3.63, 3.8) is 0 Å². The average molecular weight is 344 g/mol. The molecular formula is C16H14BrN3O. The zero-order valence-corrected chi connectivity index (χ0v) is 13.0. The zero-order valence-electron chi connectivity index (χ0n) is 11.5. The van der Waals surface area contributed by atoms with Crippen LogP contribution in [0.3, 0.4) is 0 Å². The molecule has 3 rings (SSSR count). The predicted octanol–water partition coefficient (Wildman–Crippen LogP) is 3.86. The van der Waals surface area contributed by atoms with E-state index in [1.54, 1.807) is 0 Å². The molecule has 0 fully saturated rings. The normalized spacial score (nSPS) is 12.3. The average Bonchev–Trinajstić information content (AvgIpc) is 2.97. The molecule has 1 atom stereocenters. The van der Waals surface area contributed by atoms with Crippen molar-refractivity contribution < 1.29 is 4.42 Å². The van der Waals surface area contributed by atoms with E-state index >= 15 is 0 Å². The van der Waals surface area contributed by atoms with Gasteiger partial charge in [0.2, 0.25) is 11.8 Å². The van der Waals surface area contributed by atoms with Gasteiger partial charge in [-0.3, -0.25) is 0 Å². The van der Waals surface area contributed by atoms with Crippen LogP contribution >= 0.6 is 15.9 Å². The van der Waals surface area contributed by atoms with Gasteiger partial charge in [0.25, 0.3) is 0 Å². The maximum Gasteiger partial charge on any atom is 0.248 e. The van der Waals surface area contributed by atoms with Crippen LogP contribution in [0.4, 0.5) is 0 Å². The summed E-state index contributed by atoms with van der Waals surface area (Å²) >= 11 is 3.52. The molecule has 0 radical (unpaired) electrons. The first-order valence-corrected chi connectivity index (χ1v) is 7.35. The zero-order chi connectivity index (χ0) is 14.8. The van der Waals surface area contributed by atoms with Crippen molar-refractivity contribution in [1.82, 2.24) is 10.2 Å². The molecule has 106 valence electrons. The van der Waals surface area contributed by atoms with Crippen molar-refractivity contribution >= 4 is 15.9 Å². The molecule has 1 heterocycles. The third-order valence-corrected chi connectivity index (χ3v) is 3.88. The molecule has 2 N–H and O–H groups in total. The van der Waals surface area contributed by atoms with Crippen LogP contribution < -0.4 is 5.73 Å². The van der Waals surface area contributed by atoms with E-state index in [1.165, 1.54) is 0 Å². The molecule has 0 aliphatic carbocycles. The second kappa shape index (κ2) is 5.79. The predicted molar refractivity (Wildman–Crippen MR) is 84.6 cm³/mol. The van der Waals surface area contributed by atoms with E-state index in [4.69, 9.17) is 10.2 Å². The van der Waals surface area contributed by atoms with Gasteiger partial charge in [0, 0.05) is 4.47 Å². The van der Waals surface area contributed by atoms with Crippen molar-refractivity contribution in [3.05, 3.63) is 70.0 Å². The first-order chi connectivity index (χ1) is 10.1. The van der Waals surface area contributed by atoms with E-state index in [2.05, 4.69) is 26.1 Å². The molecular weight excluding hydrogens is 330 g/mol. The standard InChI is InChI=1S/C16H14BrN3O/c1-10-7-8-12(13(17)9-10)15-19-20-16(21-15)14(18)11-5-3-2-4-6-11/h2-9,14H,18H2,1H3. The topological polar surface area (TPSA) is 64.9 Å². The van der Waals surface area contributed by atoms with Gasteiger partial charge in [0.1, 0.15) is 6.04 Å². The number of aromatic nitrogens is 2. The van der Waals surface area contributed by atoms with Gasteiger partial charge in [0.05, 0.1) is 5.56 Å². The van der Waals surface area contributed by atoms with Gasteiger partial charge in [-0.25, -0.2) is 0 Å². The van der Waals surface area contributed by atoms with Crippen LogP contribution in [0, 0.1) is 6.92 Å². The quantitative estimate of drug-likeness (QED) is 0.784. The number of nitrogens with zero attached hydrogens (tertiary/aromatic N) is 2. The highest BCUT2D eigenvalue weighted by atomic mass is 79.9. The third kappa shape index (κ3) is 2.89. The van der Waals surface area contributed by atoms with Gasteiger partial charge in [0.15, 0.2) is 0 Å². The van der Waals surface area contributed by atoms with Gasteiger partial charge >= 0.3 is 0 Å². The number of hydrogen-bond acceptors (Lipinski definition) is 4. The number of nitrogens with two attached hydrogens (primary N) is 1. The van der Waals surface area contributed by atoms with E-state index < -0.39 is 6.04 Å². The Hall–Kier alpha value is -1.98. The minimum absolute atomic E-state index is 0.406. The van der Waals surface area contributed by atoms with Crippen LogP contribution in [0.2, 0.25) is 0 Å². The molecule has 21 heavy (non-hydrogen) atoms. The molecule has 0 bridgehead atoms. The summed E-state index contributed by atoms with van der Waals surface area (Å²) in [5, 5.41) is 8.17. The summed E-state index contributed by atoms with van der Waals surface area (Å²) in [6.07, 6.45) is 0. The lowest BCUT2D eigenvalue weighted by Crippen LogP contribution is -2.11. The van der Waals surface area contributed by atoms with Gasteiger partial charge in [-0.05, 0) is 46.1 Å². The number of rotatable bonds is 3. The lowest BCUT2D eigenvalue weighted by molar-refractivity contribution is 0.484. The summed E-state index contributed by atoms with van der Waals surface area (Å²) in [5.41, 5.74) is 9.12. The lowest BCUT2D eigenvalue weighted by atomic mass is 10.1. The van der Waals surface area contributed by atoms with Crippen molar-refractivity contribution in [3.8, 4) is 11.5 Å². The minimum Gasteiger partial charge on any atom is -0.419 e. The van der Waals surface area contributed by atoms with E-state index in [0.29, 0.717) is 11.8 Å². The maximum atomic E-state index is 6.16. The minimum atomic E-state index is -0.420. The Labute approximate surface area is 131 Å². The fourth-order valence-corrected chi connectivity index (χ4v) is 2.73. The maximum absolute atomic E-state index is 6.16. The SMILES string of the molecule is Cc1ccc(-c2nnc(C(N)c3ccccc3)o2)c(Br)c1. The highest BCUT2D eigenvalue weighted by Crippen LogP contribution is 2.29. The molecule has 0 saturated carbocycles. The third-order valence-electron chi connectivity index (χ3n) is 3.22. The Balaban J connectivity index is 1.93. The van der Waals surface area contributed by atoms with Crippen LogP contribution in [0.15, 0.2) is 57.4 Å². The lowest BCUT2D eigenvalue weighted by Gasteiger charge is -2.06. The molecule has 2 aromatic carbocycles. The molecule has 0 amide bonds. The molecule has 1 aromatic heterocycles. The van der Waals surface area contributed by atoms with Gasteiger partial charge in [-0.15, -0.1) is 10.2 Å². The summed E-state index contributed by atoms with van der Waals surface area (Å²) in [6, 6.07) is 15.2. The summed E-state index contributed by atoms with van der Waals surface area (Å²) in [6.45, 7) is 2.03. The number of hydrogen-bond donors (Lipinski definition) is 1. The molecule has 4 nitrogen and oxygen atoms in total. The first kappa shape index (κ1) is 14.0. The summed E-state index contributed by atoms with van der Waals surface area (Å²) in [5.74, 6) is 0.868. The van der Waals surface area contributed by atoms with E-state index in [0.717, 1.165) is 21.2 Å². The van der Waals surface area contributed by atoms with Crippen molar-refractivity contribution in [2.24, 2.45) is 5.73 Å². The monoisotopic (exact) mass is 343 g/mol. The smallest absolute Gasteiger partial charge is 0.248 e. The van der Waals surface area contributed by atoms with Crippen molar-refractivity contribution in [2.75, 3.05) is 0 Å². The fourth-order valence-electron chi connectivity index (χ4n) is 2.07. The number of halogens is 1. The van der Waals surface area contributed by atoms with Gasteiger partial charge < -0.3 is 10.2 Å². The van der Waals surface area contributed by atoms with Crippen LogP contribution in [0.1, 0.15) is 23.1 Å². The largest absolute Gasteiger partial charge is 0.419 e. The first-order valence-electron chi connectivity index (χ1n) is 6.55. The molecule has 5 heteroatoms. The molecule has 0 aliphatic rings. The molecule has 0 aliphatic heterocycles. The number of benzene rings is 2. The molecule has 0 saturated heterocycles. The summed E-state index contributed by atoms with van der Waals surface area (Å²) in [4.78, 5) is 0. The Morgan fingerprint density at radius 1 is 1.10 bits per heavy atom. The molecule has 3 aromatic rings. The van der Waals surface area contributed by atoms with Crippen molar-refractivity contribution in [2.45, 2.75) is 13.0 Å². The Bertz CT molecular complexity index is 755. The highest BCUT2D eigenvalue weighted by molar-refractivity contribution is 9.10. The van der Waals surface area contributed by atoms with Crippen LogP contribution in [-0.2, 0) is 0 Å². The molecule has 0 spiro atoms. The highest BCUT2D eigenvalue weighted by Gasteiger charge is 2.18. The summed E-state index contributed by atoms with van der Waals surface area (Å²) in [7, 11) is 0. The Morgan fingerprint density at radius 2 is 1.86 bits per heavy atom. The second-order valence-electron chi connectivity index (χ2n) is 4.82. The second-order valence-corrected chi connectivity index (χ2v) is 5.67. The van der Waals surface area contributed by atoms with Gasteiger partial charge in [-0.1, -0.05) is 36.4 Å². The molecule has 1 unspecified atom stereocenters. The van der Waals surface area contributed by atoms with Gasteiger partial charge in [-0.2, -0.15) is 0 Å². The van der Waals surface area contributed by atoms with Crippen LogP contribution in [-0.4, -0.2) is 10.2 Å². The fraction of sp³-hybridized carbons (Fsp3) is 0.125. The van der Waals surface area contributed by atoms with E-state index in [1.807, 2.05) is 55.5 Å². The Morgan fingerprint density at radius 3 is 2.57 bits per heavy atom. The number of aryl methyl sites for hydroxylation is 1. The Kier molecular flexibility index (Phi) is 3.86. The summed E-state index contributed by atoms with van der Waals surface area (Å²) < 4.78 is 6.65.